The van der Waals surface area contributed by atoms with Crippen molar-refractivity contribution in [3.63, 3.8) is 0 Å². The predicted molar refractivity (Wildman–Crippen MR) is 123 cm³/mol. The predicted octanol–water partition coefficient (Wildman–Crippen LogP) is 0.135. The van der Waals surface area contributed by atoms with E-state index in [0.29, 0.717) is 0 Å². The van der Waals surface area contributed by atoms with Gasteiger partial charge < -0.3 is 20.1 Å². The molecule has 1 unspecified atom stereocenters. The molecule has 0 aliphatic carbocycles. The van der Waals surface area contributed by atoms with Crippen LogP contribution < -0.4 is 5.32 Å². The molecule has 2 aliphatic rings. The van der Waals surface area contributed by atoms with E-state index >= 15 is 0 Å². The first kappa shape index (κ1) is 23.0. The van der Waals surface area contributed by atoms with E-state index in [4.69, 9.17) is 4.74 Å². The maximum atomic E-state index is 13.3. The average molecular weight is 495 g/mol. The molecule has 180 valence electrons. The highest BCUT2D eigenvalue weighted by Gasteiger charge is 2.58. The molecule has 2 aromatic carbocycles. The summed E-state index contributed by atoms with van der Waals surface area (Å²) < 4.78 is 7.14. The topological polar surface area (TPSA) is 140 Å². The third kappa shape index (κ3) is 4.62. The number of esters is 1. The van der Waals surface area contributed by atoms with E-state index < -0.39 is 47.4 Å². The number of nitrogens with zero attached hydrogens (tertiary/aromatic N) is 5. The summed E-state index contributed by atoms with van der Waals surface area (Å²) in [5.41, 5.74) is 1.54. The van der Waals surface area contributed by atoms with E-state index in [9.17, 15) is 19.5 Å². The molecule has 2 amide bonds. The zero-order valence-electron chi connectivity index (χ0n) is 18.4. The van der Waals surface area contributed by atoms with E-state index in [1.54, 1.807) is 0 Å². The number of aromatic nitrogens is 4. The van der Waals surface area contributed by atoms with Crippen LogP contribution in [0.2, 0.25) is 0 Å². The lowest BCUT2D eigenvalue weighted by atomic mass is 9.98. The summed E-state index contributed by atoms with van der Waals surface area (Å²) in [6.45, 7) is -0.141. The molecule has 0 radical (unpaired) electrons. The van der Waals surface area contributed by atoms with Crippen molar-refractivity contribution in [2.24, 2.45) is 0 Å². The number of hydrogen-bond donors (Lipinski definition) is 2. The van der Waals surface area contributed by atoms with E-state index in [-0.39, 0.29) is 12.3 Å². The standard InChI is InChI=1S/C23H22N6O5S/c30-16-12-35-22-18(25-17(31)11-28-13-24-26-27-28)21(32)29(22)19(16)23(33)34-20(14-7-3-1-4-8-14)15-9-5-2-6-10-15/h1-10,13,16,18-20,22,30H,11-12H2,(H,25,31)/t16?,18-,19-,22+/m1/s1. The number of β-lactam (4-membered cyclic amide) rings is 1. The highest BCUT2D eigenvalue weighted by Crippen LogP contribution is 2.39. The Morgan fingerprint density at radius 2 is 1.77 bits per heavy atom. The van der Waals surface area contributed by atoms with Crippen LogP contribution >= 0.6 is 11.8 Å². The zero-order valence-corrected chi connectivity index (χ0v) is 19.2. The molecule has 5 rings (SSSR count). The van der Waals surface area contributed by atoms with Crippen LogP contribution in [0.5, 0.6) is 0 Å². The second kappa shape index (κ2) is 9.84. The molecule has 2 N–H and O–H groups in total. The van der Waals surface area contributed by atoms with Gasteiger partial charge in [-0.3, -0.25) is 9.59 Å². The fraction of sp³-hybridized carbons (Fsp3) is 0.304. The number of ether oxygens (including phenoxy) is 1. The molecule has 2 fully saturated rings. The van der Waals surface area contributed by atoms with Gasteiger partial charge in [0.2, 0.25) is 11.8 Å². The fourth-order valence-electron chi connectivity index (χ4n) is 4.22. The summed E-state index contributed by atoms with van der Waals surface area (Å²) in [4.78, 5) is 39.9. The van der Waals surface area contributed by atoms with Crippen LogP contribution in [0.4, 0.5) is 0 Å². The zero-order chi connectivity index (χ0) is 24.4. The van der Waals surface area contributed by atoms with Gasteiger partial charge in [0, 0.05) is 5.75 Å². The molecule has 2 saturated heterocycles. The maximum absolute atomic E-state index is 13.3. The highest BCUT2D eigenvalue weighted by atomic mass is 32.2. The number of hydrogen-bond acceptors (Lipinski definition) is 9. The number of carbonyl (C=O) groups excluding carboxylic acids is 3. The SMILES string of the molecule is O=C(Cn1cnnn1)N[C@@H]1C(=O)N2[C@@H](C(=O)OC(c3ccccc3)c3ccccc3)C(O)CS[C@@H]12. The first-order valence-electron chi connectivity index (χ1n) is 11.0. The second-order valence-electron chi connectivity index (χ2n) is 8.17. The minimum absolute atomic E-state index is 0.141. The van der Waals surface area contributed by atoms with Gasteiger partial charge in [-0.2, -0.15) is 0 Å². The minimum atomic E-state index is -1.17. The normalized spacial score (nSPS) is 23.4. The van der Waals surface area contributed by atoms with Crippen molar-refractivity contribution in [1.29, 1.82) is 0 Å². The van der Waals surface area contributed by atoms with Crippen molar-refractivity contribution in [1.82, 2.24) is 30.4 Å². The van der Waals surface area contributed by atoms with Gasteiger partial charge in [-0.25, -0.2) is 9.48 Å². The largest absolute Gasteiger partial charge is 0.451 e. The first-order valence-corrected chi connectivity index (χ1v) is 12.0. The van der Waals surface area contributed by atoms with E-state index in [0.717, 1.165) is 11.1 Å². The third-order valence-corrected chi connectivity index (χ3v) is 7.25. The molecule has 1 aromatic heterocycles. The number of amides is 2. The number of aliphatic hydroxyl groups excluding tert-OH is 1. The number of fused-ring (bicyclic) bond motifs is 1. The van der Waals surface area contributed by atoms with E-state index in [1.165, 1.54) is 27.7 Å². The summed E-state index contributed by atoms with van der Waals surface area (Å²) in [5.74, 6) is -1.37. The van der Waals surface area contributed by atoms with Crippen LogP contribution in [0.3, 0.4) is 0 Å². The Kier molecular flexibility index (Phi) is 6.47. The fourth-order valence-corrected chi connectivity index (χ4v) is 5.57. The smallest absolute Gasteiger partial charge is 0.332 e. The number of nitrogens with one attached hydrogen (secondary N) is 1. The molecular weight excluding hydrogens is 472 g/mol. The Balaban J connectivity index is 1.31. The summed E-state index contributed by atoms with van der Waals surface area (Å²) >= 11 is 1.30. The lowest BCUT2D eigenvalue weighted by Crippen LogP contribution is -2.76. The number of thioether (sulfide) groups is 1. The minimum Gasteiger partial charge on any atom is -0.451 e. The van der Waals surface area contributed by atoms with Gasteiger partial charge in [-0.1, -0.05) is 60.7 Å². The molecule has 0 spiro atoms. The third-order valence-electron chi connectivity index (χ3n) is 5.88. The number of benzene rings is 2. The van der Waals surface area contributed by atoms with E-state index in [2.05, 4.69) is 20.8 Å². The number of rotatable bonds is 7. The highest BCUT2D eigenvalue weighted by molar-refractivity contribution is 8.00. The van der Waals surface area contributed by atoms with Crippen molar-refractivity contribution in [2.75, 3.05) is 5.75 Å². The van der Waals surface area contributed by atoms with Crippen LogP contribution in [-0.4, -0.2) is 77.3 Å². The monoisotopic (exact) mass is 494 g/mol. The van der Waals surface area contributed by atoms with Crippen molar-refractivity contribution in [3.05, 3.63) is 78.1 Å². The summed E-state index contributed by atoms with van der Waals surface area (Å²) in [6.07, 6.45) is -0.506. The van der Waals surface area contributed by atoms with Gasteiger partial charge >= 0.3 is 5.97 Å². The Bertz CT molecular complexity index is 1160. The Labute approximate surface area is 204 Å². The average Bonchev–Trinajstić information content (AvgIpc) is 3.39. The lowest BCUT2D eigenvalue weighted by molar-refractivity contribution is -0.173. The number of carbonyl (C=O) groups is 3. The Morgan fingerprint density at radius 3 is 2.37 bits per heavy atom. The Morgan fingerprint density at radius 1 is 1.11 bits per heavy atom. The van der Waals surface area contributed by atoms with E-state index in [1.807, 2.05) is 60.7 Å². The van der Waals surface area contributed by atoms with Crippen LogP contribution in [0.15, 0.2) is 67.0 Å². The van der Waals surface area contributed by atoms with Crippen LogP contribution in [0, 0.1) is 0 Å². The molecule has 35 heavy (non-hydrogen) atoms. The van der Waals surface area contributed by atoms with Gasteiger partial charge in [0.05, 0.1) is 6.10 Å². The summed E-state index contributed by atoms with van der Waals surface area (Å²) in [6, 6.07) is 16.6. The number of tetrazole rings is 1. The molecule has 3 heterocycles. The van der Waals surface area contributed by atoms with Gasteiger partial charge in [-0.05, 0) is 21.6 Å². The van der Waals surface area contributed by atoms with Crippen LogP contribution in [-0.2, 0) is 25.7 Å². The quantitative estimate of drug-likeness (QED) is 0.347. The molecule has 11 nitrogen and oxygen atoms in total. The molecule has 2 aliphatic heterocycles. The van der Waals surface area contributed by atoms with Crippen LogP contribution in [0.1, 0.15) is 17.2 Å². The van der Waals surface area contributed by atoms with Gasteiger partial charge in [0.15, 0.2) is 12.1 Å². The van der Waals surface area contributed by atoms with Crippen LogP contribution in [0.25, 0.3) is 0 Å². The number of aliphatic hydroxyl groups is 1. The Hall–Kier alpha value is -3.77. The lowest BCUT2D eigenvalue weighted by Gasteiger charge is -2.53. The molecule has 0 bridgehead atoms. The maximum Gasteiger partial charge on any atom is 0.332 e. The van der Waals surface area contributed by atoms with Crippen molar-refractivity contribution in [2.45, 2.75) is 36.2 Å². The van der Waals surface area contributed by atoms with Gasteiger partial charge in [-0.15, -0.1) is 16.9 Å². The van der Waals surface area contributed by atoms with Crippen molar-refractivity contribution >= 4 is 29.5 Å². The van der Waals surface area contributed by atoms with Gasteiger partial charge in [0.25, 0.3) is 0 Å². The molecular formula is C23H22N6O5S. The molecule has 4 atom stereocenters. The first-order chi connectivity index (χ1) is 17.0. The summed E-state index contributed by atoms with van der Waals surface area (Å²) in [5, 5.41) is 23.4. The van der Waals surface area contributed by atoms with Crippen molar-refractivity contribution < 1.29 is 24.2 Å². The summed E-state index contributed by atoms with van der Waals surface area (Å²) in [7, 11) is 0. The van der Waals surface area contributed by atoms with Gasteiger partial charge in [0.1, 0.15) is 24.3 Å². The molecule has 12 heteroatoms. The second-order valence-corrected chi connectivity index (χ2v) is 9.32. The molecule has 3 aromatic rings. The van der Waals surface area contributed by atoms with Crippen molar-refractivity contribution in [3.8, 4) is 0 Å². The molecule has 0 saturated carbocycles.